The van der Waals surface area contributed by atoms with E-state index < -0.39 is 30.6 Å². The second-order valence-electron chi connectivity index (χ2n) is 4.58. The number of hydrogen-bond donors (Lipinski definition) is 2. The molecule has 0 fully saturated rings. The molecule has 0 aromatic carbocycles. The molecule has 2 N–H and O–H groups in total. The topological polar surface area (TPSA) is 102 Å². The number of carboxylic acids is 1. The Kier molecular flexibility index (Phi) is 9.96. The summed E-state index contributed by atoms with van der Waals surface area (Å²) >= 11 is 0. The van der Waals surface area contributed by atoms with Crippen LogP contribution in [0.3, 0.4) is 0 Å². The second-order valence-corrected chi connectivity index (χ2v) is 4.58. The summed E-state index contributed by atoms with van der Waals surface area (Å²) in [6.07, 6.45) is -2.10. The number of ether oxygens (including phenoxy) is 3. The molecule has 0 heterocycles. The molecule has 0 aliphatic heterocycles. The van der Waals surface area contributed by atoms with Crippen LogP contribution in [-0.2, 0) is 23.8 Å². The van der Waals surface area contributed by atoms with Crippen LogP contribution in [0.5, 0.6) is 0 Å². The van der Waals surface area contributed by atoms with Gasteiger partial charge in [0.2, 0.25) is 0 Å². The van der Waals surface area contributed by atoms with Gasteiger partial charge in [0.05, 0.1) is 25.7 Å². The van der Waals surface area contributed by atoms with Crippen molar-refractivity contribution in [1.82, 2.24) is 0 Å². The van der Waals surface area contributed by atoms with Crippen molar-refractivity contribution >= 4 is 11.9 Å². The van der Waals surface area contributed by atoms with Gasteiger partial charge in [0.25, 0.3) is 0 Å². The lowest BCUT2D eigenvalue weighted by molar-refractivity contribution is -0.165. The van der Waals surface area contributed by atoms with Gasteiger partial charge < -0.3 is 24.4 Å². The number of carbonyl (C=O) groups excluding carboxylic acids is 1. The Balaban J connectivity index is 3.84. The monoisotopic (exact) mass is 292 g/mol. The fourth-order valence-electron chi connectivity index (χ4n) is 1.30. The molecule has 0 radical (unpaired) electrons. The third-order valence-electron chi connectivity index (χ3n) is 2.27. The highest BCUT2D eigenvalue weighted by atomic mass is 16.6. The second kappa shape index (κ2) is 10.6. The van der Waals surface area contributed by atoms with Crippen LogP contribution in [0.1, 0.15) is 33.6 Å². The number of carboxylic acid groups (broad SMARTS) is 1. The lowest BCUT2D eigenvalue weighted by Crippen LogP contribution is -2.31. The van der Waals surface area contributed by atoms with Gasteiger partial charge in [-0.2, -0.15) is 0 Å². The van der Waals surface area contributed by atoms with Gasteiger partial charge in [-0.1, -0.05) is 6.92 Å². The van der Waals surface area contributed by atoms with Crippen molar-refractivity contribution in [2.45, 2.75) is 51.9 Å². The van der Waals surface area contributed by atoms with Gasteiger partial charge >= 0.3 is 11.9 Å². The van der Waals surface area contributed by atoms with Crippen molar-refractivity contribution in [3.05, 3.63) is 0 Å². The Labute approximate surface area is 118 Å². The third-order valence-corrected chi connectivity index (χ3v) is 2.27. The van der Waals surface area contributed by atoms with Gasteiger partial charge in [0, 0.05) is 6.61 Å². The molecule has 0 bridgehead atoms. The first-order valence-corrected chi connectivity index (χ1v) is 6.66. The molecule has 3 unspecified atom stereocenters. The normalized spacial score (nSPS) is 15.4. The van der Waals surface area contributed by atoms with E-state index in [1.807, 2.05) is 13.8 Å². The first-order valence-electron chi connectivity index (χ1n) is 6.66. The van der Waals surface area contributed by atoms with Crippen LogP contribution in [0.2, 0.25) is 0 Å². The maximum atomic E-state index is 11.3. The van der Waals surface area contributed by atoms with Gasteiger partial charge in [0.1, 0.15) is 6.10 Å². The molecule has 0 aromatic heterocycles. The van der Waals surface area contributed by atoms with Gasteiger partial charge in [-0.05, 0) is 20.3 Å². The lowest BCUT2D eigenvalue weighted by atomic mass is 10.2. The average Bonchev–Trinajstić information content (AvgIpc) is 2.35. The summed E-state index contributed by atoms with van der Waals surface area (Å²) in [4.78, 5) is 21.7. The molecule has 0 saturated carbocycles. The molecule has 0 aliphatic rings. The van der Waals surface area contributed by atoms with E-state index in [9.17, 15) is 14.7 Å². The van der Waals surface area contributed by atoms with E-state index >= 15 is 0 Å². The van der Waals surface area contributed by atoms with Crippen LogP contribution in [0.25, 0.3) is 0 Å². The van der Waals surface area contributed by atoms with Crippen LogP contribution in [0.4, 0.5) is 0 Å². The molecule has 7 heteroatoms. The zero-order chi connectivity index (χ0) is 15.5. The van der Waals surface area contributed by atoms with Gasteiger partial charge in [-0.3, -0.25) is 4.79 Å². The lowest BCUT2D eigenvalue weighted by Gasteiger charge is -2.18. The molecule has 118 valence electrons. The van der Waals surface area contributed by atoms with Gasteiger partial charge in [-0.15, -0.1) is 0 Å². The first kappa shape index (κ1) is 18.8. The Hall–Kier alpha value is -1.18. The van der Waals surface area contributed by atoms with Crippen molar-refractivity contribution in [2.24, 2.45) is 0 Å². The molecular formula is C13H24O7. The standard InChI is InChI=1S/C13H24O7/c1-4-5-18-7-9(2)19-8-10(3)20-13(17)11(14)6-12(15)16/h9-11,14H,4-8H2,1-3H3,(H,15,16). The van der Waals surface area contributed by atoms with E-state index in [4.69, 9.17) is 19.3 Å². The Morgan fingerprint density at radius 2 is 1.80 bits per heavy atom. The van der Waals surface area contributed by atoms with E-state index in [0.29, 0.717) is 13.2 Å². The third kappa shape index (κ3) is 9.71. The van der Waals surface area contributed by atoms with Crippen LogP contribution in [-0.4, -0.2) is 60.3 Å². The minimum atomic E-state index is -1.65. The smallest absolute Gasteiger partial charge is 0.335 e. The number of rotatable bonds is 11. The zero-order valence-corrected chi connectivity index (χ0v) is 12.2. The Morgan fingerprint density at radius 3 is 2.35 bits per heavy atom. The predicted molar refractivity (Wildman–Crippen MR) is 70.3 cm³/mol. The van der Waals surface area contributed by atoms with E-state index in [-0.39, 0.29) is 12.7 Å². The van der Waals surface area contributed by atoms with E-state index in [0.717, 1.165) is 6.42 Å². The number of aliphatic hydroxyl groups is 1. The zero-order valence-electron chi connectivity index (χ0n) is 12.2. The molecule has 0 aliphatic carbocycles. The van der Waals surface area contributed by atoms with Crippen molar-refractivity contribution in [2.75, 3.05) is 19.8 Å². The molecule has 7 nitrogen and oxygen atoms in total. The summed E-state index contributed by atoms with van der Waals surface area (Å²) in [5.74, 6) is -2.22. The van der Waals surface area contributed by atoms with E-state index in [1.54, 1.807) is 6.92 Å². The van der Waals surface area contributed by atoms with Gasteiger partial charge in [0.15, 0.2) is 6.10 Å². The fourth-order valence-corrected chi connectivity index (χ4v) is 1.30. The minimum Gasteiger partial charge on any atom is -0.481 e. The van der Waals surface area contributed by atoms with Crippen LogP contribution >= 0.6 is 0 Å². The summed E-state index contributed by atoms with van der Waals surface area (Å²) in [5, 5.41) is 17.7. The molecule has 0 rings (SSSR count). The van der Waals surface area contributed by atoms with E-state index in [2.05, 4.69) is 0 Å². The summed E-state index contributed by atoms with van der Waals surface area (Å²) in [6.45, 7) is 6.72. The minimum absolute atomic E-state index is 0.133. The molecule has 0 saturated heterocycles. The Morgan fingerprint density at radius 1 is 1.15 bits per heavy atom. The van der Waals surface area contributed by atoms with Crippen LogP contribution in [0, 0.1) is 0 Å². The van der Waals surface area contributed by atoms with Crippen molar-refractivity contribution in [3.63, 3.8) is 0 Å². The summed E-state index contributed by atoms with van der Waals surface area (Å²) in [6, 6.07) is 0. The van der Waals surface area contributed by atoms with Crippen molar-refractivity contribution in [3.8, 4) is 0 Å². The highest BCUT2D eigenvalue weighted by Gasteiger charge is 2.22. The number of aliphatic hydroxyl groups excluding tert-OH is 1. The van der Waals surface area contributed by atoms with E-state index in [1.165, 1.54) is 0 Å². The van der Waals surface area contributed by atoms with Crippen molar-refractivity contribution < 1.29 is 34.0 Å². The highest BCUT2D eigenvalue weighted by molar-refractivity contribution is 5.80. The maximum absolute atomic E-state index is 11.3. The maximum Gasteiger partial charge on any atom is 0.335 e. The first-order chi connectivity index (χ1) is 9.36. The van der Waals surface area contributed by atoms with Crippen LogP contribution < -0.4 is 0 Å². The van der Waals surface area contributed by atoms with Crippen LogP contribution in [0.15, 0.2) is 0 Å². The molecular weight excluding hydrogens is 268 g/mol. The molecule has 0 amide bonds. The number of hydrogen-bond acceptors (Lipinski definition) is 6. The predicted octanol–water partition coefficient (Wildman–Crippen LogP) is 0.585. The summed E-state index contributed by atoms with van der Waals surface area (Å²) in [7, 11) is 0. The average molecular weight is 292 g/mol. The quantitative estimate of drug-likeness (QED) is 0.424. The molecule has 0 spiro atoms. The highest BCUT2D eigenvalue weighted by Crippen LogP contribution is 2.02. The Bertz CT molecular complexity index is 292. The molecule has 3 atom stereocenters. The van der Waals surface area contributed by atoms with Gasteiger partial charge in [-0.25, -0.2) is 4.79 Å². The molecule has 0 aromatic rings. The summed E-state index contributed by atoms with van der Waals surface area (Å²) in [5.41, 5.74) is 0. The largest absolute Gasteiger partial charge is 0.481 e. The summed E-state index contributed by atoms with van der Waals surface area (Å²) < 4.78 is 15.6. The molecule has 20 heavy (non-hydrogen) atoms. The number of carbonyl (C=O) groups is 2. The number of aliphatic carboxylic acids is 1. The fraction of sp³-hybridized carbons (Fsp3) is 0.846. The number of esters is 1. The van der Waals surface area contributed by atoms with Crippen molar-refractivity contribution in [1.29, 1.82) is 0 Å². The SMILES string of the molecule is CCCOCC(C)OCC(C)OC(=O)C(O)CC(=O)O.